The lowest BCUT2D eigenvalue weighted by Crippen LogP contribution is -2.48. The average molecular weight is 312 g/mol. The van der Waals surface area contributed by atoms with Crippen LogP contribution in [0.4, 0.5) is 0 Å². The molecule has 1 amide bonds. The maximum Gasteiger partial charge on any atom is 0.331 e. The van der Waals surface area contributed by atoms with Crippen molar-refractivity contribution in [3.05, 3.63) is 41.5 Å². The molecule has 0 saturated heterocycles. The molecule has 5 nitrogen and oxygen atoms in total. The zero-order valence-corrected chi connectivity index (χ0v) is 13.3. The van der Waals surface area contributed by atoms with Crippen molar-refractivity contribution < 1.29 is 14.3 Å². The van der Waals surface area contributed by atoms with Crippen molar-refractivity contribution in [3.8, 4) is 6.07 Å². The highest BCUT2D eigenvalue weighted by atomic mass is 16.5. The van der Waals surface area contributed by atoms with Crippen LogP contribution in [0.15, 0.2) is 30.3 Å². The van der Waals surface area contributed by atoms with Crippen LogP contribution in [0.25, 0.3) is 6.08 Å². The summed E-state index contributed by atoms with van der Waals surface area (Å²) in [4.78, 5) is 23.4. The highest BCUT2D eigenvalue weighted by molar-refractivity contribution is 5.89. The average Bonchev–Trinajstić information content (AvgIpc) is 3.36. The number of nitriles is 1. The first kappa shape index (κ1) is 16.8. The molecule has 0 spiro atoms. The first-order valence-corrected chi connectivity index (χ1v) is 7.57. The molecule has 23 heavy (non-hydrogen) atoms. The standard InChI is InChI=1S/C18H20N2O3/c1-13-4-3-5-14(10-13)6-9-17(22)23-11-16(21)20-18(2,12-19)15-7-8-15/h3-6,9-10,15H,7-8,11H2,1-2H3,(H,20,21)/b9-6+/t18-/m0/s1. The van der Waals surface area contributed by atoms with Crippen LogP contribution in [0.2, 0.25) is 0 Å². The molecule has 5 heteroatoms. The van der Waals surface area contributed by atoms with Gasteiger partial charge in [-0.05, 0) is 44.2 Å². The maximum absolute atomic E-state index is 11.8. The fourth-order valence-electron chi connectivity index (χ4n) is 2.33. The van der Waals surface area contributed by atoms with E-state index >= 15 is 0 Å². The maximum atomic E-state index is 11.8. The fraction of sp³-hybridized carbons (Fsp3) is 0.389. The van der Waals surface area contributed by atoms with E-state index in [4.69, 9.17) is 4.74 Å². The van der Waals surface area contributed by atoms with Gasteiger partial charge in [0.1, 0.15) is 5.54 Å². The van der Waals surface area contributed by atoms with Gasteiger partial charge in [-0.15, -0.1) is 0 Å². The molecule has 0 radical (unpaired) electrons. The van der Waals surface area contributed by atoms with Gasteiger partial charge in [-0.2, -0.15) is 5.26 Å². The third kappa shape index (κ3) is 4.96. The summed E-state index contributed by atoms with van der Waals surface area (Å²) in [5, 5.41) is 11.8. The Morgan fingerprint density at radius 1 is 1.48 bits per heavy atom. The molecule has 120 valence electrons. The molecule has 0 heterocycles. The van der Waals surface area contributed by atoms with Crippen LogP contribution >= 0.6 is 0 Å². The van der Waals surface area contributed by atoms with Gasteiger partial charge in [-0.3, -0.25) is 4.79 Å². The van der Waals surface area contributed by atoms with E-state index in [2.05, 4.69) is 11.4 Å². The second-order valence-corrected chi connectivity index (χ2v) is 5.99. The van der Waals surface area contributed by atoms with Crippen LogP contribution in [0, 0.1) is 24.2 Å². The van der Waals surface area contributed by atoms with Gasteiger partial charge in [0.2, 0.25) is 0 Å². The zero-order valence-electron chi connectivity index (χ0n) is 13.3. The van der Waals surface area contributed by atoms with Crippen molar-refractivity contribution in [2.75, 3.05) is 6.61 Å². The number of carbonyl (C=O) groups excluding carboxylic acids is 2. The number of benzene rings is 1. The Labute approximate surface area is 135 Å². The minimum atomic E-state index is -0.874. The molecule has 0 aliphatic heterocycles. The van der Waals surface area contributed by atoms with E-state index in [0.29, 0.717) is 0 Å². The fourth-order valence-corrected chi connectivity index (χ4v) is 2.33. The third-order valence-electron chi connectivity index (χ3n) is 3.82. The lowest BCUT2D eigenvalue weighted by atomic mass is 9.98. The van der Waals surface area contributed by atoms with E-state index in [-0.39, 0.29) is 12.5 Å². The van der Waals surface area contributed by atoms with E-state index in [1.165, 1.54) is 6.08 Å². The lowest BCUT2D eigenvalue weighted by molar-refractivity contribution is -0.144. The van der Waals surface area contributed by atoms with E-state index in [0.717, 1.165) is 24.0 Å². The molecule has 2 rings (SSSR count). The van der Waals surface area contributed by atoms with E-state index in [1.807, 2.05) is 31.2 Å². The largest absolute Gasteiger partial charge is 0.452 e. The van der Waals surface area contributed by atoms with Gasteiger partial charge in [0, 0.05) is 6.08 Å². The monoisotopic (exact) mass is 312 g/mol. The Balaban J connectivity index is 1.80. The third-order valence-corrected chi connectivity index (χ3v) is 3.82. The normalized spacial score (nSPS) is 16.4. The lowest BCUT2D eigenvalue weighted by Gasteiger charge is -2.22. The van der Waals surface area contributed by atoms with Crippen LogP contribution in [0.5, 0.6) is 0 Å². The summed E-state index contributed by atoms with van der Waals surface area (Å²) in [5.41, 5.74) is 1.11. The minimum absolute atomic E-state index is 0.188. The summed E-state index contributed by atoms with van der Waals surface area (Å²) < 4.78 is 4.90. The van der Waals surface area contributed by atoms with Crippen LogP contribution in [0.1, 0.15) is 30.9 Å². The van der Waals surface area contributed by atoms with Gasteiger partial charge in [0.05, 0.1) is 6.07 Å². The number of hydrogen-bond donors (Lipinski definition) is 1. The summed E-state index contributed by atoms with van der Waals surface area (Å²) in [6, 6.07) is 9.79. The number of carbonyl (C=O) groups is 2. The smallest absolute Gasteiger partial charge is 0.331 e. The Morgan fingerprint density at radius 3 is 2.83 bits per heavy atom. The molecule has 1 fully saturated rings. The predicted molar refractivity (Wildman–Crippen MR) is 86.1 cm³/mol. The van der Waals surface area contributed by atoms with Crippen molar-refractivity contribution in [3.63, 3.8) is 0 Å². The molecule has 1 aliphatic carbocycles. The Hall–Kier alpha value is -2.61. The van der Waals surface area contributed by atoms with Gasteiger partial charge in [-0.25, -0.2) is 4.79 Å². The van der Waals surface area contributed by atoms with E-state index in [1.54, 1.807) is 13.0 Å². The van der Waals surface area contributed by atoms with Crippen molar-refractivity contribution in [2.45, 2.75) is 32.2 Å². The Morgan fingerprint density at radius 2 is 2.22 bits per heavy atom. The quantitative estimate of drug-likeness (QED) is 0.646. The first-order chi connectivity index (χ1) is 10.9. The number of esters is 1. The number of rotatable bonds is 6. The second-order valence-electron chi connectivity index (χ2n) is 5.99. The highest BCUT2D eigenvalue weighted by Crippen LogP contribution is 2.39. The van der Waals surface area contributed by atoms with Crippen molar-refractivity contribution in [1.82, 2.24) is 5.32 Å². The molecule has 1 saturated carbocycles. The van der Waals surface area contributed by atoms with Crippen LogP contribution in [0.3, 0.4) is 0 Å². The van der Waals surface area contributed by atoms with Gasteiger partial charge in [0.25, 0.3) is 5.91 Å². The van der Waals surface area contributed by atoms with Gasteiger partial charge in [-0.1, -0.05) is 29.8 Å². The molecule has 1 N–H and O–H groups in total. The summed E-state index contributed by atoms with van der Waals surface area (Å²) in [6.45, 7) is 3.27. The topological polar surface area (TPSA) is 79.2 Å². The number of nitrogens with one attached hydrogen (secondary N) is 1. The van der Waals surface area contributed by atoms with Crippen molar-refractivity contribution >= 4 is 18.0 Å². The summed E-state index contributed by atoms with van der Waals surface area (Å²) >= 11 is 0. The van der Waals surface area contributed by atoms with Crippen molar-refractivity contribution in [1.29, 1.82) is 5.26 Å². The number of amides is 1. The number of nitrogens with zero attached hydrogens (tertiary/aromatic N) is 1. The zero-order chi connectivity index (χ0) is 16.9. The number of aryl methyl sites for hydroxylation is 1. The molecule has 0 unspecified atom stereocenters. The van der Waals surface area contributed by atoms with Gasteiger partial charge >= 0.3 is 5.97 Å². The van der Waals surface area contributed by atoms with Crippen LogP contribution in [-0.4, -0.2) is 24.0 Å². The predicted octanol–water partition coefficient (Wildman–Crippen LogP) is 2.36. The minimum Gasteiger partial charge on any atom is -0.452 e. The second kappa shape index (κ2) is 7.10. The summed E-state index contributed by atoms with van der Waals surface area (Å²) in [6.07, 6.45) is 4.79. The molecular formula is C18H20N2O3. The first-order valence-electron chi connectivity index (χ1n) is 7.57. The van der Waals surface area contributed by atoms with E-state index in [9.17, 15) is 14.9 Å². The highest BCUT2D eigenvalue weighted by Gasteiger charge is 2.43. The molecule has 1 aromatic rings. The molecule has 1 aliphatic rings. The van der Waals surface area contributed by atoms with Crippen LogP contribution in [-0.2, 0) is 14.3 Å². The summed E-state index contributed by atoms with van der Waals surface area (Å²) in [7, 11) is 0. The molecule has 1 aromatic carbocycles. The Bertz CT molecular complexity index is 671. The number of ether oxygens (including phenoxy) is 1. The summed E-state index contributed by atoms with van der Waals surface area (Å²) in [5.74, 6) is -0.863. The SMILES string of the molecule is Cc1cccc(/C=C/C(=O)OCC(=O)N[C@@](C)(C#N)C2CC2)c1. The van der Waals surface area contributed by atoms with Gasteiger partial charge < -0.3 is 10.1 Å². The molecule has 0 bridgehead atoms. The van der Waals surface area contributed by atoms with Crippen molar-refractivity contribution in [2.24, 2.45) is 5.92 Å². The molecular weight excluding hydrogens is 292 g/mol. The van der Waals surface area contributed by atoms with E-state index < -0.39 is 17.4 Å². The van der Waals surface area contributed by atoms with Crippen LogP contribution < -0.4 is 5.32 Å². The van der Waals surface area contributed by atoms with Gasteiger partial charge in [0.15, 0.2) is 6.61 Å². The molecule has 0 aromatic heterocycles. The number of hydrogen-bond acceptors (Lipinski definition) is 4. The molecule has 1 atom stereocenters. The Kier molecular flexibility index (Phi) is 5.17.